The number of aromatic amines is 2. The van der Waals surface area contributed by atoms with Gasteiger partial charge in [-0.3, -0.25) is 9.78 Å². The summed E-state index contributed by atoms with van der Waals surface area (Å²) in [5.41, 5.74) is 1.58. The third kappa shape index (κ3) is 9.93. The van der Waals surface area contributed by atoms with Crippen LogP contribution in [0.4, 0.5) is 22.0 Å². The number of halogens is 5. The molecule has 3 aromatic heterocycles. The van der Waals surface area contributed by atoms with Gasteiger partial charge in [-0.1, -0.05) is 29.0 Å². The van der Waals surface area contributed by atoms with E-state index in [1.54, 1.807) is 6.07 Å². The van der Waals surface area contributed by atoms with Crippen LogP contribution in [-0.2, 0) is 6.42 Å². The fraction of sp³-hybridized carbons (Fsp3) is 0.458. The Morgan fingerprint density at radius 2 is 1.82 bits per heavy atom. The van der Waals surface area contributed by atoms with E-state index < -0.39 is 31.0 Å². The van der Waals surface area contributed by atoms with E-state index in [9.17, 15) is 31.5 Å². The lowest BCUT2D eigenvalue weighted by atomic mass is 9.91. The smallest absolute Gasteiger partial charge is 0.422 e. The Morgan fingerprint density at radius 1 is 1.13 bits per heavy atom. The Kier molecular flexibility index (Phi) is 11.8. The van der Waals surface area contributed by atoms with Crippen LogP contribution in [0.15, 0.2) is 34.2 Å². The van der Waals surface area contributed by atoms with Crippen molar-refractivity contribution in [2.24, 2.45) is 5.92 Å². The zero-order chi connectivity index (χ0) is 29.2. The van der Waals surface area contributed by atoms with Gasteiger partial charge in [0.15, 0.2) is 6.61 Å². The summed E-state index contributed by atoms with van der Waals surface area (Å²) in [6, 6.07) is 3.19. The summed E-state index contributed by atoms with van der Waals surface area (Å²) in [4.78, 5) is 36.4. The molecule has 0 bridgehead atoms. The van der Waals surface area contributed by atoms with Crippen LogP contribution in [-0.4, -0.2) is 60.8 Å². The molecule has 0 aliphatic carbocycles. The van der Waals surface area contributed by atoms with Crippen LogP contribution in [0.1, 0.15) is 44.1 Å². The molecule has 212 valence electrons. The van der Waals surface area contributed by atoms with Crippen molar-refractivity contribution in [3.05, 3.63) is 62.4 Å². The van der Waals surface area contributed by atoms with Gasteiger partial charge in [0.1, 0.15) is 12.0 Å². The van der Waals surface area contributed by atoms with Crippen molar-refractivity contribution in [1.29, 1.82) is 0 Å². The number of nitrogens with one attached hydrogen (secondary N) is 2. The lowest BCUT2D eigenvalue weighted by Gasteiger charge is -2.21. The summed E-state index contributed by atoms with van der Waals surface area (Å²) in [6.07, 6.45) is -0.829. The van der Waals surface area contributed by atoms with Gasteiger partial charge < -0.3 is 9.72 Å². The highest BCUT2D eigenvalue weighted by Crippen LogP contribution is 2.28. The summed E-state index contributed by atoms with van der Waals surface area (Å²) in [6.45, 7) is 4.79. The number of hydrogen-bond donors (Lipinski definition) is 2. The third-order valence-corrected chi connectivity index (χ3v) is 6.57. The van der Waals surface area contributed by atoms with Crippen LogP contribution in [0.3, 0.4) is 0 Å². The van der Waals surface area contributed by atoms with E-state index in [1.807, 2.05) is 13.8 Å². The number of alkyl halides is 5. The molecule has 0 spiro atoms. The Bertz CT molecular complexity index is 1380. The largest absolute Gasteiger partial charge is 0.468 e. The van der Waals surface area contributed by atoms with Gasteiger partial charge in [-0.05, 0) is 42.7 Å². The second-order valence-corrected chi connectivity index (χ2v) is 10.3. The van der Waals surface area contributed by atoms with Gasteiger partial charge in [0.2, 0.25) is 12.8 Å². The van der Waals surface area contributed by atoms with Gasteiger partial charge in [-0.2, -0.15) is 18.3 Å². The molecule has 0 saturated heterocycles. The van der Waals surface area contributed by atoms with Crippen LogP contribution < -0.4 is 16.0 Å². The number of aryl methyl sites for hydroxylation is 1. The number of nitrogens with zero attached hydrogens (tertiary/aromatic N) is 4. The van der Waals surface area contributed by atoms with Gasteiger partial charge in [0.05, 0.1) is 11.3 Å². The lowest BCUT2D eigenvalue weighted by Crippen LogP contribution is -2.23. The van der Waals surface area contributed by atoms with Crippen molar-refractivity contribution in [2.45, 2.75) is 52.4 Å². The summed E-state index contributed by atoms with van der Waals surface area (Å²) >= 11 is 0. The molecule has 3 rings (SSSR count). The Labute approximate surface area is 222 Å². The number of aromatic nitrogens is 6. The monoisotopic (exact) mass is 574 g/mol. The van der Waals surface area contributed by atoms with E-state index in [4.69, 9.17) is 4.74 Å². The molecular weight excluding hydrogens is 546 g/mol. The minimum atomic E-state index is -4.47. The molecule has 3 aromatic rings. The van der Waals surface area contributed by atoms with E-state index >= 15 is 0 Å². The van der Waals surface area contributed by atoms with Crippen molar-refractivity contribution in [3.63, 3.8) is 0 Å². The van der Waals surface area contributed by atoms with Gasteiger partial charge in [0, 0.05) is 23.5 Å². The molecule has 0 amide bonds. The molecule has 0 radical (unpaired) electrons. The van der Waals surface area contributed by atoms with Crippen molar-refractivity contribution in [1.82, 2.24) is 30.1 Å². The number of rotatable bonds is 9. The Hall–Kier alpha value is -3.54. The third-order valence-electron chi connectivity index (χ3n) is 5.16. The van der Waals surface area contributed by atoms with Crippen LogP contribution in [0.5, 0.6) is 5.88 Å². The highest BCUT2D eigenvalue weighted by atomic mass is 31.1. The maximum absolute atomic E-state index is 12.5. The molecule has 9 nitrogen and oxygen atoms in total. The molecule has 0 saturated carbocycles. The van der Waals surface area contributed by atoms with Crippen LogP contribution in [0.2, 0.25) is 0 Å². The normalized spacial score (nSPS) is 12.6. The molecule has 0 aromatic carbocycles. The number of H-pyrrole nitrogens is 2. The molecule has 0 aliphatic heterocycles. The molecular formula is C24H28F5N6O3P. The van der Waals surface area contributed by atoms with Gasteiger partial charge in [0.25, 0.3) is 5.56 Å². The topological polar surface area (TPSA) is 127 Å². The first kappa shape index (κ1) is 31.7. The fourth-order valence-corrected chi connectivity index (χ4v) is 4.93. The molecule has 0 fully saturated rings. The van der Waals surface area contributed by atoms with E-state index in [2.05, 4.69) is 44.0 Å². The van der Waals surface area contributed by atoms with Crippen LogP contribution in [0, 0.1) is 12.8 Å². The number of hydrogen-bond acceptors (Lipinski definition) is 7. The summed E-state index contributed by atoms with van der Waals surface area (Å²) in [7, 11) is 1.02. The molecule has 39 heavy (non-hydrogen) atoms. The van der Waals surface area contributed by atoms with Gasteiger partial charge >= 0.3 is 11.9 Å². The summed E-state index contributed by atoms with van der Waals surface area (Å²) in [5, 5.41) is 9.45. The van der Waals surface area contributed by atoms with E-state index in [-0.39, 0.29) is 23.0 Å². The molecule has 1 atom stereocenters. The van der Waals surface area contributed by atoms with Gasteiger partial charge in [-0.25, -0.2) is 23.5 Å². The summed E-state index contributed by atoms with van der Waals surface area (Å²) < 4.78 is 61.6. The van der Waals surface area contributed by atoms with E-state index in [1.165, 1.54) is 18.6 Å². The van der Waals surface area contributed by atoms with Crippen LogP contribution in [0.25, 0.3) is 11.3 Å². The van der Waals surface area contributed by atoms with Crippen LogP contribution >= 0.6 is 8.20 Å². The van der Waals surface area contributed by atoms with Gasteiger partial charge in [-0.15, -0.1) is 5.10 Å². The fourth-order valence-electron chi connectivity index (χ4n) is 3.53. The first-order valence-electron chi connectivity index (χ1n) is 11.8. The predicted molar refractivity (Wildman–Crippen MR) is 138 cm³/mol. The predicted octanol–water partition coefficient (Wildman–Crippen LogP) is 4.59. The van der Waals surface area contributed by atoms with E-state index in [0.29, 0.717) is 29.9 Å². The zero-order valence-corrected chi connectivity index (χ0v) is 22.5. The summed E-state index contributed by atoms with van der Waals surface area (Å²) in [5.74, 6) is -0.180. The molecule has 0 aliphatic rings. The zero-order valence-electron chi connectivity index (χ0n) is 21.6. The highest BCUT2D eigenvalue weighted by Gasteiger charge is 2.29. The highest BCUT2D eigenvalue weighted by molar-refractivity contribution is 7.42. The first-order valence-corrected chi connectivity index (χ1v) is 12.7. The molecule has 2 N–H and O–H groups in total. The minimum absolute atomic E-state index is 0.0379. The van der Waals surface area contributed by atoms with Crippen molar-refractivity contribution >= 4 is 13.5 Å². The Balaban J connectivity index is 0.00000170. The van der Waals surface area contributed by atoms with Crippen molar-refractivity contribution in [2.75, 3.05) is 13.5 Å². The molecule has 3 heterocycles. The first-order chi connectivity index (χ1) is 18.4. The second-order valence-electron chi connectivity index (χ2n) is 8.48. The molecule has 1 unspecified atom stereocenters. The van der Waals surface area contributed by atoms with E-state index in [0.717, 1.165) is 19.1 Å². The minimum Gasteiger partial charge on any atom is -0.468 e. The quantitative estimate of drug-likeness (QED) is 0.283. The maximum atomic E-state index is 12.5. The maximum Gasteiger partial charge on any atom is 0.422 e. The standard InChI is InChI=1S/C23H26F3N6O3P.CH2F2/c1-5-14(6-15-7-19(29-11-28-15)35-10-23(24,25)26)20(36-12(2)3)16-8-18(32-31-13(16)4)17-9-27-22(34)30-21(17)33;2-1-3/h7-9,11-12,14H,5-6,10H2,1-4H3,(H2,27,30,33,34);1H2. The SMILES string of the molecule is CCC(Cc1cc(OCC(F)(F)F)ncn1)C(=PC(C)C)c1cc(-c2c[nH]c(=O)[nH]c2=O)nnc1C.FCF. The average Bonchev–Trinajstić information content (AvgIpc) is 2.86. The van der Waals surface area contributed by atoms with Crippen molar-refractivity contribution < 1.29 is 26.7 Å². The number of ether oxygens (including phenoxy) is 1. The second kappa shape index (κ2) is 14.6. The average molecular weight is 574 g/mol. The Morgan fingerprint density at radius 3 is 2.41 bits per heavy atom. The lowest BCUT2D eigenvalue weighted by molar-refractivity contribution is -0.154. The van der Waals surface area contributed by atoms with Crippen molar-refractivity contribution in [3.8, 4) is 17.1 Å². The molecule has 15 heteroatoms.